The molecule has 0 heterocycles. The Kier molecular flexibility index (Phi) is 4.89. The first-order valence-corrected chi connectivity index (χ1v) is 5.96. The van der Waals surface area contributed by atoms with Crippen molar-refractivity contribution in [3.8, 4) is 5.75 Å². The zero-order valence-corrected chi connectivity index (χ0v) is 10.3. The highest BCUT2D eigenvalue weighted by molar-refractivity contribution is 8.00. The Morgan fingerprint density at radius 1 is 1.44 bits per heavy atom. The molecule has 0 spiro atoms. The molecule has 100 valence electrons. The maximum Gasteiger partial charge on any atom is 0.441 e. The summed E-state index contributed by atoms with van der Waals surface area (Å²) >= 11 is -0.172. The van der Waals surface area contributed by atoms with E-state index in [1.807, 2.05) is 0 Å². The van der Waals surface area contributed by atoms with Crippen LogP contribution in [0.2, 0.25) is 0 Å². The van der Waals surface area contributed by atoms with Gasteiger partial charge in [0.05, 0.1) is 12.2 Å². The van der Waals surface area contributed by atoms with Gasteiger partial charge >= 0.3 is 11.5 Å². The maximum atomic E-state index is 11.9. The molecule has 0 aliphatic rings. The van der Waals surface area contributed by atoms with Gasteiger partial charge in [0.15, 0.2) is 0 Å². The summed E-state index contributed by atoms with van der Waals surface area (Å²) in [7, 11) is 0. The van der Waals surface area contributed by atoms with Crippen molar-refractivity contribution in [3.63, 3.8) is 0 Å². The third-order valence-corrected chi connectivity index (χ3v) is 2.82. The lowest BCUT2D eigenvalue weighted by Gasteiger charge is -2.11. The number of hydrogen-bond acceptors (Lipinski definition) is 3. The van der Waals surface area contributed by atoms with E-state index in [-0.39, 0.29) is 35.4 Å². The van der Waals surface area contributed by atoms with Crippen molar-refractivity contribution in [1.29, 1.82) is 0 Å². The Morgan fingerprint density at radius 2 is 2.11 bits per heavy atom. The summed E-state index contributed by atoms with van der Waals surface area (Å²) in [6.07, 6.45) is 0. The van der Waals surface area contributed by atoms with Gasteiger partial charge in [-0.1, -0.05) is 6.07 Å². The van der Waals surface area contributed by atoms with Crippen LogP contribution in [0.1, 0.15) is 15.9 Å². The van der Waals surface area contributed by atoms with E-state index in [4.69, 9.17) is 9.84 Å². The molecule has 1 N–H and O–H groups in total. The predicted octanol–water partition coefficient (Wildman–Crippen LogP) is 3.33. The van der Waals surface area contributed by atoms with Gasteiger partial charge < -0.3 is 9.84 Å². The third kappa shape index (κ3) is 4.48. The smallest absolute Gasteiger partial charge is 0.441 e. The van der Waals surface area contributed by atoms with Crippen molar-refractivity contribution >= 4 is 17.7 Å². The van der Waals surface area contributed by atoms with Crippen molar-refractivity contribution in [2.24, 2.45) is 0 Å². The fourth-order valence-electron chi connectivity index (χ4n) is 1.31. The highest BCUT2D eigenvalue weighted by atomic mass is 32.2. The lowest BCUT2D eigenvalue weighted by Crippen LogP contribution is -2.09. The second-order valence-corrected chi connectivity index (χ2v) is 4.54. The van der Waals surface area contributed by atoms with E-state index in [9.17, 15) is 18.0 Å². The molecule has 0 amide bonds. The molecule has 0 saturated heterocycles. The summed E-state index contributed by atoms with van der Waals surface area (Å²) in [6, 6.07) is 4.43. The zero-order valence-electron chi connectivity index (χ0n) is 9.45. The van der Waals surface area contributed by atoms with Crippen LogP contribution in [0.3, 0.4) is 0 Å². The molecular formula is C11H11F3O3S. The molecule has 18 heavy (non-hydrogen) atoms. The SMILES string of the molecule is Cc1c(OCCSC(F)(F)F)cccc1C(=O)O. The Balaban J connectivity index is 2.58. The Hall–Kier alpha value is -1.37. The van der Waals surface area contributed by atoms with Gasteiger partial charge in [0.25, 0.3) is 0 Å². The molecule has 0 aromatic heterocycles. The highest BCUT2D eigenvalue weighted by Crippen LogP contribution is 2.30. The van der Waals surface area contributed by atoms with E-state index in [0.717, 1.165) is 0 Å². The van der Waals surface area contributed by atoms with Crippen LogP contribution in [0.4, 0.5) is 13.2 Å². The second-order valence-electron chi connectivity index (χ2n) is 3.38. The van der Waals surface area contributed by atoms with Crippen molar-refractivity contribution in [2.45, 2.75) is 12.4 Å². The molecule has 1 aromatic carbocycles. The average Bonchev–Trinajstić information content (AvgIpc) is 2.24. The molecule has 0 radical (unpaired) electrons. The number of alkyl halides is 3. The van der Waals surface area contributed by atoms with Crippen LogP contribution in [0.15, 0.2) is 18.2 Å². The number of hydrogen-bond donors (Lipinski definition) is 1. The van der Waals surface area contributed by atoms with Crippen LogP contribution in [-0.2, 0) is 0 Å². The van der Waals surface area contributed by atoms with Gasteiger partial charge in [-0.05, 0) is 30.8 Å². The van der Waals surface area contributed by atoms with Crippen molar-refractivity contribution in [1.82, 2.24) is 0 Å². The number of ether oxygens (including phenoxy) is 1. The monoisotopic (exact) mass is 280 g/mol. The lowest BCUT2D eigenvalue weighted by atomic mass is 10.1. The largest absolute Gasteiger partial charge is 0.492 e. The van der Waals surface area contributed by atoms with Gasteiger partial charge in [0, 0.05) is 11.3 Å². The summed E-state index contributed by atoms with van der Waals surface area (Å²) in [5.74, 6) is -1.04. The third-order valence-electron chi connectivity index (χ3n) is 2.12. The molecule has 0 aliphatic heterocycles. The van der Waals surface area contributed by atoms with Gasteiger partial charge in [-0.2, -0.15) is 13.2 Å². The van der Waals surface area contributed by atoms with Crippen LogP contribution in [0, 0.1) is 6.92 Å². The normalized spacial score (nSPS) is 11.3. The van der Waals surface area contributed by atoms with Crippen molar-refractivity contribution in [3.05, 3.63) is 29.3 Å². The fraction of sp³-hybridized carbons (Fsp3) is 0.364. The van der Waals surface area contributed by atoms with Gasteiger partial charge in [0.1, 0.15) is 5.75 Å². The van der Waals surface area contributed by atoms with Crippen LogP contribution in [0.25, 0.3) is 0 Å². The molecule has 0 aliphatic carbocycles. The van der Waals surface area contributed by atoms with E-state index >= 15 is 0 Å². The van der Waals surface area contributed by atoms with Gasteiger partial charge in [0.2, 0.25) is 0 Å². The van der Waals surface area contributed by atoms with E-state index < -0.39 is 11.5 Å². The lowest BCUT2D eigenvalue weighted by molar-refractivity contribution is -0.0329. The number of carboxylic acid groups (broad SMARTS) is 1. The van der Waals surface area contributed by atoms with Crippen LogP contribution >= 0.6 is 11.8 Å². The molecule has 0 atom stereocenters. The van der Waals surface area contributed by atoms with Gasteiger partial charge in [-0.3, -0.25) is 0 Å². The molecule has 7 heteroatoms. The minimum atomic E-state index is -4.28. The second kappa shape index (κ2) is 5.99. The van der Waals surface area contributed by atoms with E-state index in [1.54, 1.807) is 6.92 Å². The minimum Gasteiger partial charge on any atom is -0.492 e. The Labute approximate surface area is 106 Å². The molecule has 0 unspecified atom stereocenters. The van der Waals surface area contributed by atoms with Crippen molar-refractivity contribution < 1.29 is 27.8 Å². The van der Waals surface area contributed by atoms with E-state index in [1.165, 1.54) is 18.2 Å². The first kappa shape index (κ1) is 14.7. The standard InChI is InChI=1S/C11H11F3O3S/c1-7-8(10(15)16)3-2-4-9(7)17-5-6-18-11(12,13)14/h2-4H,5-6H2,1H3,(H,15,16). The highest BCUT2D eigenvalue weighted by Gasteiger charge is 2.27. The maximum absolute atomic E-state index is 11.9. The molecule has 0 fully saturated rings. The number of halogens is 3. The summed E-state index contributed by atoms with van der Waals surface area (Å²) < 4.78 is 40.7. The number of carboxylic acids is 1. The summed E-state index contributed by atoms with van der Waals surface area (Å²) in [5, 5.41) is 8.86. The number of benzene rings is 1. The summed E-state index contributed by atoms with van der Waals surface area (Å²) in [5.41, 5.74) is -3.79. The zero-order chi connectivity index (χ0) is 13.8. The quantitative estimate of drug-likeness (QED) is 0.840. The number of thioether (sulfide) groups is 1. The van der Waals surface area contributed by atoms with Gasteiger partial charge in [-0.25, -0.2) is 4.79 Å². The summed E-state index contributed by atoms with van der Waals surface area (Å²) in [6.45, 7) is 1.42. The molecule has 0 bridgehead atoms. The molecule has 1 rings (SSSR count). The van der Waals surface area contributed by atoms with Crippen molar-refractivity contribution in [2.75, 3.05) is 12.4 Å². The molecule has 0 saturated carbocycles. The Bertz CT molecular complexity index is 432. The summed E-state index contributed by atoms with van der Waals surface area (Å²) in [4.78, 5) is 10.8. The average molecular weight is 280 g/mol. The molecular weight excluding hydrogens is 269 g/mol. The van der Waals surface area contributed by atoms with Crippen LogP contribution < -0.4 is 4.74 Å². The fourth-order valence-corrected chi connectivity index (χ4v) is 1.71. The van der Waals surface area contributed by atoms with Crippen LogP contribution in [-0.4, -0.2) is 28.9 Å². The number of rotatable bonds is 5. The molecule has 1 aromatic rings. The number of carbonyl (C=O) groups is 1. The predicted molar refractivity (Wildman–Crippen MR) is 62.1 cm³/mol. The number of aromatic carboxylic acids is 1. The minimum absolute atomic E-state index is 0.0796. The first-order valence-electron chi connectivity index (χ1n) is 4.97. The molecule has 3 nitrogen and oxygen atoms in total. The van der Waals surface area contributed by atoms with E-state index in [2.05, 4.69) is 0 Å². The van der Waals surface area contributed by atoms with Gasteiger partial charge in [-0.15, -0.1) is 0 Å². The Morgan fingerprint density at radius 3 is 2.67 bits per heavy atom. The van der Waals surface area contributed by atoms with Crippen LogP contribution in [0.5, 0.6) is 5.75 Å². The van der Waals surface area contributed by atoms with E-state index in [0.29, 0.717) is 5.56 Å². The topological polar surface area (TPSA) is 46.5 Å². The first-order chi connectivity index (χ1) is 8.31.